The summed E-state index contributed by atoms with van der Waals surface area (Å²) in [7, 11) is -3.30. The van der Waals surface area contributed by atoms with E-state index in [0.29, 0.717) is 24.3 Å². The Morgan fingerprint density at radius 3 is 2.73 bits per heavy atom. The maximum absolute atomic E-state index is 13.8. The summed E-state index contributed by atoms with van der Waals surface area (Å²) in [6.07, 6.45) is 0.362. The number of carbonyl (C=O) groups is 1. The zero-order valence-electron chi connectivity index (χ0n) is 14.1. The van der Waals surface area contributed by atoms with E-state index in [-0.39, 0.29) is 22.8 Å². The van der Waals surface area contributed by atoms with Gasteiger partial charge in [-0.05, 0) is 43.2 Å². The number of aryl methyl sites for hydroxylation is 1. The smallest absolute Gasteiger partial charge is 0.235 e. The predicted octanol–water partition coefficient (Wildman–Crippen LogP) is 3.51. The van der Waals surface area contributed by atoms with Crippen LogP contribution in [0.2, 0.25) is 5.02 Å². The fourth-order valence-electron chi connectivity index (χ4n) is 2.89. The summed E-state index contributed by atoms with van der Waals surface area (Å²) < 4.78 is 39.3. The zero-order chi connectivity index (χ0) is 18.9. The van der Waals surface area contributed by atoms with Crippen LogP contribution in [-0.4, -0.2) is 26.6 Å². The van der Waals surface area contributed by atoms with Crippen molar-refractivity contribution in [2.24, 2.45) is 0 Å². The summed E-state index contributed by atoms with van der Waals surface area (Å²) in [5.74, 6) is -0.850. The van der Waals surface area contributed by atoms with Gasteiger partial charge in [0.25, 0.3) is 0 Å². The van der Waals surface area contributed by atoms with Crippen molar-refractivity contribution in [3.8, 4) is 0 Å². The SMILES string of the molecule is Cc1ccc(N2CCCS2(=O)=O)cc1NC(=O)Cc1c(F)cccc1Cl. The largest absolute Gasteiger partial charge is 0.325 e. The number of rotatable bonds is 4. The molecule has 0 unspecified atom stereocenters. The van der Waals surface area contributed by atoms with Crippen LogP contribution in [0.25, 0.3) is 0 Å². The Morgan fingerprint density at radius 1 is 1.31 bits per heavy atom. The van der Waals surface area contributed by atoms with Gasteiger partial charge in [0.05, 0.1) is 17.9 Å². The first-order valence-corrected chi connectivity index (χ1v) is 10.1. The van der Waals surface area contributed by atoms with Gasteiger partial charge in [-0.3, -0.25) is 9.10 Å². The number of hydrogen-bond acceptors (Lipinski definition) is 3. The van der Waals surface area contributed by atoms with Crippen LogP contribution in [0.15, 0.2) is 36.4 Å². The van der Waals surface area contributed by atoms with Gasteiger partial charge in [0.2, 0.25) is 15.9 Å². The van der Waals surface area contributed by atoms with Crippen LogP contribution in [0.5, 0.6) is 0 Å². The van der Waals surface area contributed by atoms with Crippen LogP contribution < -0.4 is 9.62 Å². The maximum Gasteiger partial charge on any atom is 0.235 e. The Labute approximate surface area is 156 Å². The highest BCUT2D eigenvalue weighted by molar-refractivity contribution is 7.93. The van der Waals surface area contributed by atoms with Gasteiger partial charge in [0.15, 0.2) is 0 Å². The number of benzene rings is 2. The summed E-state index contributed by atoms with van der Waals surface area (Å²) in [6, 6.07) is 9.33. The quantitative estimate of drug-likeness (QED) is 0.860. The van der Waals surface area contributed by atoms with Crippen molar-refractivity contribution in [3.05, 3.63) is 58.4 Å². The molecule has 0 aromatic heterocycles. The van der Waals surface area contributed by atoms with Crippen molar-refractivity contribution in [2.75, 3.05) is 21.9 Å². The van der Waals surface area contributed by atoms with Gasteiger partial charge in [-0.15, -0.1) is 0 Å². The number of nitrogens with zero attached hydrogens (tertiary/aromatic N) is 1. The van der Waals surface area contributed by atoms with Crippen molar-refractivity contribution in [1.29, 1.82) is 0 Å². The highest BCUT2D eigenvalue weighted by Gasteiger charge is 2.28. The third-order valence-electron chi connectivity index (χ3n) is 4.28. The summed E-state index contributed by atoms with van der Waals surface area (Å²) in [5.41, 5.74) is 1.90. The molecule has 1 amide bonds. The Balaban J connectivity index is 1.81. The molecule has 0 saturated carbocycles. The molecule has 0 radical (unpaired) electrons. The fourth-order valence-corrected chi connectivity index (χ4v) is 4.67. The molecule has 2 aromatic carbocycles. The van der Waals surface area contributed by atoms with E-state index in [1.54, 1.807) is 25.1 Å². The average molecular weight is 397 g/mol. The minimum Gasteiger partial charge on any atom is -0.325 e. The number of amides is 1. The fraction of sp³-hybridized carbons (Fsp3) is 0.278. The summed E-state index contributed by atoms with van der Waals surface area (Å²) in [4.78, 5) is 12.3. The molecule has 1 saturated heterocycles. The molecule has 1 fully saturated rings. The van der Waals surface area contributed by atoms with Crippen LogP contribution in [0.4, 0.5) is 15.8 Å². The number of carbonyl (C=O) groups excluding carboxylic acids is 1. The molecule has 1 aliphatic rings. The van der Waals surface area contributed by atoms with Crippen LogP contribution in [0.3, 0.4) is 0 Å². The molecule has 0 spiro atoms. The van der Waals surface area contributed by atoms with Crippen LogP contribution in [0, 0.1) is 12.7 Å². The number of sulfonamides is 1. The molecule has 3 rings (SSSR count). The topological polar surface area (TPSA) is 66.5 Å². The lowest BCUT2D eigenvalue weighted by molar-refractivity contribution is -0.115. The van der Waals surface area contributed by atoms with Gasteiger partial charge < -0.3 is 5.32 Å². The second-order valence-electron chi connectivity index (χ2n) is 6.17. The van der Waals surface area contributed by atoms with E-state index >= 15 is 0 Å². The van der Waals surface area contributed by atoms with Crippen LogP contribution in [0.1, 0.15) is 17.5 Å². The lowest BCUT2D eigenvalue weighted by atomic mass is 10.1. The van der Waals surface area contributed by atoms with E-state index in [9.17, 15) is 17.6 Å². The molecule has 0 aliphatic carbocycles. The number of anilines is 2. The van der Waals surface area contributed by atoms with E-state index in [0.717, 1.165) is 5.56 Å². The average Bonchev–Trinajstić information content (AvgIpc) is 2.92. The van der Waals surface area contributed by atoms with Crippen molar-refractivity contribution >= 4 is 38.9 Å². The molecule has 138 valence electrons. The molecule has 5 nitrogen and oxygen atoms in total. The zero-order valence-corrected chi connectivity index (χ0v) is 15.7. The van der Waals surface area contributed by atoms with Crippen molar-refractivity contribution in [3.63, 3.8) is 0 Å². The Kier molecular flexibility index (Phi) is 5.20. The third kappa shape index (κ3) is 3.83. The number of nitrogens with one attached hydrogen (secondary N) is 1. The number of hydrogen-bond donors (Lipinski definition) is 1. The molecular formula is C18H18ClFN2O3S. The molecule has 1 heterocycles. The Morgan fingerprint density at radius 2 is 2.08 bits per heavy atom. The minimum atomic E-state index is -3.30. The minimum absolute atomic E-state index is 0.119. The first-order valence-electron chi connectivity index (χ1n) is 8.12. The summed E-state index contributed by atoms with van der Waals surface area (Å²) >= 11 is 5.96. The first kappa shape index (κ1) is 18.7. The molecular weight excluding hydrogens is 379 g/mol. The molecule has 1 N–H and O–H groups in total. The Bertz CT molecular complexity index is 943. The second kappa shape index (κ2) is 7.25. The van der Waals surface area contributed by atoms with Crippen molar-refractivity contribution in [2.45, 2.75) is 19.8 Å². The maximum atomic E-state index is 13.8. The van der Waals surface area contributed by atoms with E-state index in [1.807, 2.05) is 0 Å². The standard InChI is InChI=1S/C18H18ClFN2O3S/c1-12-6-7-13(22-8-3-9-26(22,24)25)10-17(12)21-18(23)11-14-15(19)4-2-5-16(14)20/h2,4-7,10H,3,8-9,11H2,1H3,(H,21,23). The monoisotopic (exact) mass is 396 g/mol. The lowest BCUT2D eigenvalue weighted by Gasteiger charge is -2.19. The van der Waals surface area contributed by atoms with Crippen molar-refractivity contribution in [1.82, 2.24) is 0 Å². The van der Waals surface area contributed by atoms with E-state index in [1.165, 1.54) is 22.5 Å². The van der Waals surface area contributed by atoms with Crippen LogP contribution in [-0.2, 0) is 21.2 Å². The van der Waals surface area contributed by atoms with Gasteiger partial charge >= 0.3 is 0 Å². The van der Waals surface area contributed by atoms with Gasteiger partial charge in [0.1, 0.15) is 5.82 Å². The molecule has 8 heteroatoms. The Hall–Kier alpha value is -2.12. The summed E-state index contributed by atoms with van der Waals surface area (Å²) in [6.45, 7) is 2.22. The number of halogens is 2. The van der Waals surface area contributed by atoms with E-state index in [2.05, 4.69) is 5.32 Å². The molecule has 2 aromatic rings. The van der Waals surface area contributed by atoms with Gasteiger partial charge in [0, 0.05) is 22.8 Å². The van der Waals surface area contributed by atoms with Gasteiger partial charge in [-0.1, -0.05) is 23.7 Å². The van der Waals surface area contributed by atoms with E-state index < -0.39 is 21.7 Å². The van der Waals surface area contributed by atoms with E-state index in [4.69, 9.17) is 11.6 Å². The normalized spacial score (nSPS) is 15.9. The predicted molar refractivity (Wildman–Crippen MR) is 101 cm³/mol. The molecule has 1 aliphatic heterocycles. The highest BCUT2D eigenvalue weighted by atomic mass is 35.5. The molecule has 26 heavy (non-hydrogen) atoms. The first-order chi connectivity index (χ1) is 12.3. The third-order valence-corrected chi connectivity index (χ3v) is 6.51. The lowest BCUT2D eigenvalue weighted by Crippen LogP contribution is -2.25. The highest BCUT2D eigenvalue weighted by Crippen LogP contribution is 2.29. The van der Waals surface area contributed by atoms with Crippen LogP contribution >= 0.6 is 11.6 Å². The van der Waals surface area contributed by atoms with Crippen molar-refractivity contribution < 1.29 is 17.6 Å². The van der Waals surface area contributed by atoms with Gasteiger partial charge in [-0.25, -0.2) is 12.8 Å². The molecule has 0 bridgehead atoms. The second-order valence-corrected chi connectivity index (χ2v) is 8.59. The molecule has 0 atom stereocenters. The van der Waals surface area contributed by atoms with Gasteiger partial charge in [-0.2, -0.15) is 0 Å². The summed E-state index contributed by atoms with van der Waals surface area (Å²) in [5, 5.41) is 2.91.